The minimum Gasteiger partial charge on any atom is -0.486 e. The van der Waals surface area contributed by atoms with E-state index in [0.29, 0.717) is 12.2 Å². The molecule has 2 aromatic carbocycles. The highest BCUT2D eigenvalue weighted by Gasteiger charge is 2.33. The number of anilines is 1. The van der Waals surface area contributed by atoms with Crippen LogP contribution in [0, 0.1) is 5.82 Å². The van der Waals surface area contributed by atoms with Crippen LogP contribution in [0.1, 0.15) is 5.56 Å². The third-order valence-corrected chi connectivity index (χ3v) is 4.12. The van der Waals surface area contributed by atoms with Crippen molar-refractivity contribution in [1.29, 1.82) is 0 Å². The lowest BCUT2D eigenvalue weighted by Crippen LogP contribution is -2.26. The van der Waals surface area contributed by atoms with E-state index in [9.17, 15) is 9.18 Å². The summed E-state index contributed by atoms with van der Waals surface area (Å²) < 4.78 is 26.7. The summed E-state index contributed by atoms with van der Waals surface area (Å²) in [4.78, 5) is 13.5. The Kier molecular flexibility index (Phi) is 4.65. The van der Waals surface area contributed by atoms with Crippen molar-refractivity contribution in [2.75, 3.05) is 11.4 Å². The number of cyclic esters (lactones) is 1. The highest BCUT2D eigenvalue weighted by Crippen LogP contribution is 2.28. The van der Waals surface area contributed by atoms with Gasteiger partial charge >= 0.3 is 6.09 Å². The molecule has 0 spiro atoms. The van der Waals surface area contributed by atoms with Crippen LogP contribution in [0.25, 0.3) is 0 Å². The summed E-state index contributed by atoms with van der Waals surface area (Å²) in [6, 6.07) is 13.9. The summed E-state index contributed by atoms with van der Waals surface area (Å²) >= 11 is 0. The molecule has 0 N–H and O–H groups in total. The van der Waals surface area contributed by atoms with Gasteiger partial charge in [-0.25, -0.2) is 13.9 Å². The molecule has 1 aromatic heterocycles. The van der Waals surface area contributed by atoms with Gasteiger partial charge in [-0.1, -0.05) is 30.3 Å². The van der Waals surface area contributed by atoms with Crippen molar-refractivity contribution in [1.82, 2.24) is 20.2 Å². The van der Waals surface area contributed by atoms with Crippen LogP contribution in [0.5, 0.6) is 5.75 Å². The molecule has 1 saturated heterocycles. The molecule has 0 aliphatic carbocycles. The van der Waals surface area contributed by atoms with Gasteiger partial charge in [0.05, 0.1) is 18.8 Å². The summed E-state index contributed by atoms with van der Waals surface area (Å²) in [5.74, 6) is -0.416. The standard InChI is InChI=1S/C18H16FN5O3/c19-16-8-14(6-7-17(16)26-11-13-4-2-1-3-5-13)24-10-15(27-18(24)25)9-23-12-20-21-22-23/h1-8,12,15H,9-11H2/t15-/m0/s1. The third-order valence-electron chi connectivity index (χ3n) is 4.12. The first-order valence-electron chi connectivity index (χ1n) is 8.34. The lowest BCUT2D eigenvalue weighted by atomic mass is 10.2. The van der Waals surface area contributed by atoms with E-state index < -0.39 is 18.0 Å². The van der Waals surface area contributed by atoms with Crippen molar-refractivity contribution in [3.05, 3.63) is 66.2 Å². The minimum absolute atomic E-state index is 0.125. The number of carbonyl (C=O) groups excluding carboxylic acids is 1. The van der Waals surface area contributed by atoms with Crippen molar-refractivity contribution in [3.63, 3.8) is 0 Å². The van der Waals surface area contributed by atoms with Gasteiger partial charge in [0.25, 0.3) is 0 Å². The van der Waals surface area contributed by atoms with E-state index in [4.69, 9.17) is 9.47 Å². The monoisotopic (exact) mass is 369 g/mol. The fourth-order valence-electron chi connectivity index (χ4n) is 2.81. The SMILES string of the molecule is O=C1O[C@@H](Cn2cnnn2)CN1c1ccc(OCc2ccccc2)c(F)c1. The van der Waals surface area contributed by atoms with E-state index in [0.717, 1.165) is 5.56 Å². The molecule has 1 aliphatic rings. The normalized spacial score (nSPS) is 16.4. The van der Waals surface area contributed by atoms with Crippen LogP contribution >= 0.6 is 0 Å². The molecule has 8 nitrogen and oxygen atoms in total. The van der Waals surface area contributed by atoms with Crippen LogP contribution in [0.15, 0.2) is 54.9 Å². The summed E-state index contributed by atoms with van der Waals surface area (Å²) in [6.07, 6.45) is 0.484. The number of hydrogen-bond donors (Lipinski definition) is 0. The highest BCUT2D eigenvalue weighted by atomic mass is 19.1. The summed E-state index contributed by atoms with van der Waals surface area (Å²) in [5, 5.41) is 10.8. The zero-order valence-electron chi connectivity index (χ0n) is 14.2. The molecule has 4 rings (SSSR count). The Hall–Kier alpha value is -3.49. The molecule has 0 unspecified atom stereocenters. The average molecular weight is 369 g/mol. The maximum Gasteiger partial charge on any atom is 0.414 e. The number of benzene rings is 2. The summed E-state index contributed by atoms with van der Waals surface area (Å²) in [5.41, 5.74) is 1.35. The first-order valence-corrected chi connectivity index (χ1v) is 8.34. The topological polar surface area (TPSA) is 82.4 Å². The molecule has 1 aliphatic heterocycles. The van der Waals surface area contributed by atoms with E-state index in [2.05, 4.69) is 15.5 Å². The van der Waals surface area contributed by atoms with Crippen LogP contribution in [-0.4, -0.2) is 38.9 Å². The zero-order chi connectivity index (χ0) is 18.6. The number of hydrogen-bond acceptors (Lipinski definition) is 6. The number of nitrogens with zero attached hydrogens (tertiary/aromatic N) is 5. The van der Waals surface area contributed by atoms with Crippen LogP contribution in [0.2, 0.25) is 0 Å². The lowest BCUT2D eigenvalue weighted by molar-refractivity contribution is 0.129. The predicted octanol–water partition coefficient (Wildman–Crippen LogP) is 2.42. The molecule has 27 heavy (non-hydrogen) atoms. The maximum absolute atomic E-state index is 14.4. The fraction of sp³-hybridized carbons (Fsp3) is 0.222. The van der Waals surface area contributed by atoms with Crippen LogP contribution in [0.4, 0.5) is 14.9 Å². The number of aromatic nitrogens is 4. The number of carbonyl (C=O) groups is 1. The van der Waals surface area contributed by atoms with Gasteiger partial charge in [-0.05, 0) is 28.1 Å². The second-order valence-electron chi connectivity index (χ2n) is 6.04. The van der Waals surface area contributed by atoms with Crippen LogP contribution in [0.3, 0.4) is 0 Å². The van der Waals surface area contributed by atoms with Crippen molar-refractivity contribution >= 4 is 11.8 Å². The van der Waals surface area contributed by atoms with E-state index in [1.54, 1.807) is 6.07 Å². The molecule has 3 aromatic rings. The third kappa shape index (κ3) is 3.86. The Balaban J connectivity index is 1.41. The van der Waals surface area contributed by atoms with E-state index >= 15 is 0 Å². The fourth-order valence-corrected chi connectivity index (χ4v) is 2.81. The van der Waals surface area contributed by atoms with Crippen molar-refractivity contribution in [3.8, 4) is 5.75 Å². The van der Waals surface area contributed by atoms with Crippen LogP contribution in [-0.2, 0) is 17.9 Å². The lowest BCUT2D eigenvalue weighted by Gasteiger charge is -2.14. The smallest absolute Gasteiger partial charge is 0.414 e. The number of rotatable bonds is 6. The molecule has 1 atom stereocenters. The molecule has 2 heterocycles. The van der Waals surface area contributed by atoms with Crippen molar-refractivity contribution < 1.29 is 18.7 Å². The van der Waals surface area contributed by atoms with Gasteiger partial charge in [0.1, 0.15) is 19.0 Å². The molecule has 0 saturated carbocycles. The van der Waals surface area contributed by atoms with E-state index in [1.165, 1.54) is 28.0 Å². The van der Waals surface area contributed by atoms with E-state index in [-0.39, 0.29) is 18.9 Å². The van der Waals surface area contributed by atoms with Crippen molar-refractivity contribution in [2.45, 2.75) is 19.3 Å². The van der Waals surface area contributed by atoms with Gasteiger partial charge in [-0.15, -0.1) is 5.10 Å². The Morgan fingerprint density at radius 3 is 2.81 bits per heavy atom. The highest BCUT2D eigenvalue weighted by molar-refractivity contribution is 5.89. The molecule has 0 radical (unpaired) electrons. The molecule has 0 bridgehead atoms. The zero-order valence-corrected chi connectivity index (χ0v) is 14.2. The molecule has 1 fully saturated rings. The predicted molar refractivity (Wildman–Crippen MR) is 92.6 cm³/mol. The quantitative estimate of drug-likeness (QED) is 0.664. The largest absolute Gasteiger partial charge is 0.486 e. The Morgan fingerprint density at radius 1 is 1.22 bits per heavy atom. The van der Waals surface area contributed by atoms with Gasteiger partial charge in [0.15, 0.2) is 11.6 Å². The van der Waals surface area contributed by atoms with Gasteiger partial charge in [0.2, 0.25) is 0 Å². The van der Waals surface area contributed by atoms with Gasteiger partial charge in [-0.2, -0.15) is 0 Å². The molecular formula is C18H16FN5O3. The van der Waals surface area contributed by atoms with Gasteiger partial charge in [-0.3, -0.25) is 4.90 Å². The van der Waals surface area contributed by atoms with E-state index in [1.807, 2.05) is 30.3 Å². The molecule has 138 valence electrons. The Morgan fingerprint density at radius 2 is 2.07 bits per heavy atom. The second kappa shape index (κ2) is 7.40. The van der Waals surface area contributed by atoms with Gasteiger partial charge < -0.3 is 9.47 Å². The van der Waals surface area contributed by atoms with Crippen molar-refractivity contribution in [2.24, 2.45) is 0 Å². The molecule has 9 heteroatoms. The summed E-state index contributed by atoms with van der Waals surface area (Å²) in [6.45, 7) is 0.870. The minimum atomic E-state index is -0.542. The molecular weight excluding hydrogens is 353 g/mol. The number of tetrazole rings is 1. The van der Waals surface area contributed by atoms with Crippen LogP contribution < -0.4 is 9.64 Å². The summed E-state index contributed by atoms with van der Waals surface area (Å²) in [7, 11) is 0. The number of amides is 1. The average Bonchev–Trinajstić information content (AvgIpc) is 3.31. The maximum atomic E-state index is 14.4. The number of ether oxygens (including phenoxy) is 2. The van der Waals surface area contributed by atoms with Gasteiger partial charge in [0, 0.05) is 6.07 Å². The molecule has 1 amide bonds. The Labute approximate surface area is 154 Å². The first kappa shape index (κ1) is 17.0. The Bertz CT molecular complexity index is 920. The first-order chi connectivity index (χ1) is 13.2. The second-order valence-corrected chi connectivity index (χ2v) is 6.04. The number of halogens is 1.